The fourth-order valence-corrected chi connectivity index (χ4v) is 3.75. The van der Waals surface area contributed by atoms with Crippen LogP contribution in [0.5, 0.6) is 0 Å². The molecular weight excluding hydrogens is 365 g/mol. The number of amides is 1. The predicted molar refractivity (Wildman–Crippen MR) is 107 cm³/mol. The van der Waals surface area contributed by atoms with E-state index < -0.39 is 0 Å². The number of aromatic nitrogens is 1. The third kappa shape index (κ3) is 3.78. The van der Waals surface area contributed by atoms with Crippen molar-refractivity contribution < 1.29 is 9.18 Å². The van der Waals surface area contributed by atoms with Crippen LogP contribution in [-0.4, -0.2) is 34.9 Å². The highest BCUT2D eigenvalue weighted by Gasteiger charge is 2.25. The molecule has 0 aliphatic carbocycles. The van der Waals surface area contributed by atoms with Gasteiger partial charge in [-0.1, -0.05) is 17.7 Å². The first-order chi connectivity index (χ1) is 13.0. The number of benzene rings is 2. The third-order valence-corrected chi connectivity index (χ3v) is 5.31. The van der Waals surface area contributed by atoms with Crippen LogP contribution in [0.25, 0.3) is 10.9 Å². The monoisotopic (exact) mass is 385 g/mol. The van der Waals surface area contributed by atoms with Gasteiger partial charge in [0, 0.05) is 35.1 Å². The molecule has 2 aromatic carbocycles. The zero-order valence-corrected chi connectivity index (χ0v) is 15.8. The maximum atomic E-state index is 14.0. The van der Waals surface area contributed by atoms with Gasteiger partial charge in [0.2, 0.25) is 0 Å². The van der Waals surface area contributed by atoms with Gasteiger partial charge in [-0.25, -0.2) is 4.39 Å². The van der Waals surface area contributed by atoms with Crippen molar-refractivity contribution in [2.75, 3.05) is 18.4 Å². The standard InChI is InChI=1S/C21H21ClFN3O/c1-13-2-4-19(17(23)10-13)24-16-6-8-26(9-7-16)21(27)20-12-14-11-15(22)3-5-18(14)25-20/h2-5,10-12,16,24-25H,6-9H2,1H3. The van der Waals surface area contributed by atoms with E-state index in [-0.39, 0.29) is 17.8 Å². The van der Waals surface area contributed by atoms with Crippen LogP contribution in [0.1, 0.15) is 28.9 Å². The number of rotatable bonds is 3. The van der Waals surface area contributed by atoms with E-state index in [0.717, 1.165) is 29.3 Å². The molecule has 6 heteroatoms. The van der Waals surface area contributed by atoms with Crippen LogP contribution < -0.4 is 5.32 Å². The molecule has 2 heterocycles. The number of halogens is 2. The molecule has 140 valence electrons. The molecular formula is C21H21ClFN3O. The Morgan fingerprint density at radius 1 is 1.19 bits per heavy atom. The summed E-state index contributed by atoms with van der Waals surface area (Å²) in [7, 11) is 0. The van der Waals surface area contributed by atoms with Crippen LogP contribution in [0, 0.1) is 12.7 Å². The van der Waals surface area contributed by atoms with E-state index >= 15 is 0 Å². The number of H-pyrrole nitrogens is 1. The van der Waals surface area contributed by atoms with Crippen molar-refractivity contribution in [1.29, 1.82) is 0 Å². The summed E-state index contributed by atoms with van der Waals surface area (Å²) in [5, 5.41) is 4.84. The first-order valence-electron chi connectivity index (χ1n) is 9.10. The molecule has 1 amide bonds. The van der Waals surface area contributed by atoms with Crippen molar-refractivity contribution in [3.63, 3.8) is 0 Å². The summed E-state index contributed by atoms with van der Waals surface area (Å²) >= 11 is 6.02. The number of anilines is 1. The lowest BCUT2D eigenvalue weighted by atomic mass is 10.0. The minimum atomic E-state index is -0.231. The molecule has 1 aliphatic rings. The molecule has 1 fully saturated rings. The zero-order valence-electron chi connectivity index (χ0n) is 15.1. The van der Waals surface area contributed by atoms with Crippen LogP contribution in [0.3, 0.4) is 0 Å². The molecule has 4 rings (SSSR count). The van der Waals surface area contributed by atoms with E-state index in [1.54, 1.807) is 12.1 Å². The van der Waals surface area contributed by atoms with Crippen LogP contribution in [0.2, 0.25) is 5.02 Å². The van der Waals surface area contributed by atoms with Gasteiger partial charge >= 0.3 is 0 Å². The fourth-order valence-electron chi connectivity index (χ4n) is 3.57. The van der Waals surface area contributed by atoms with E-state index in [1.165, 1.54) is 6.07 Å². The molecule has 0 bridgehead atoms. The van der Waals surface area contributed by atoms with Crippen LogP contribution >= 0.6 is 11.6 Å². The summed E-state index contributed by atoms with van der Waals surface area (Å²) in [6.45, 7) is 3.15. The average molecular weight is 386 g/mol. The molecule has 1 aliphatic heterocycles. The molecule has 0 atom stereocenters. The molecule has 0 saturated carbocycles. The van der Waals surface area contributed by atoms with Crippen molar-refractivity contribution >= 4 is 34.1 Å². The minimum Gasteiger partial charge on any atom is -0.380 e. The summed E-state index contributed by atoms with van der Waals surface area (Å²) in [5.74, 6) is -0.243. The lowest BCUT2D eigenvalue weighted by molar-refractivity contribution is 0.0713. The molecule has 3 aromatic rings. The van der Waals surface area contributed by atoms with Crippen molar-refractivity contribution in [2.24, 2.45) is 0 Å². The van der Waals surface area contributed by atoms with Gasteiger partial charge in [0.25, 0.3) is 5.91 Å². The number of likely N-dealkylation sites (tertiary alicyclic amines) is 1. The Morgan fingerprint density at radius 3 is 2.70 bits per heavy atom. The van der Waals surface area contributed by atoms with E-state index in [0.29, 0.717) is 29.5 Å². The Kier molecular flexibility index (Phi) is 4.79. The summed E-state index contributed by atoms with van der Waals surface area (Å²) in [6.07, 6.45) is 1.57. The Labute approximate surface area is 162 Å². The highest BCUT2D eigenvalue weighted by atomic mass is 35.5. The smallest absolute Gasteiger partial charge is 0.270 e. The Hall–Kier alpha value is -2.53. The number of nitrogens with zero attached hydrogens (tertiary/aromatic N) is 1. The number of hydrogen-bond acceptors (Lipinski definition) is 2. The number of aryl methyl sites for hydroxylation is 1. The highest BCUT2D eigenvalue weighted by molar-refractivity contribution is 6.31. The Morgan fingerprint density at radius 2 is 1.96 bits per heavy atom. The van der Waals surface area contributed by atoms with E-state index in [1.807, 2.05) is 36.1 Å². The number of fused-ring (bicyclic) bond motifs is 1. The maximum Gasteiger partial charge on any atom is 0.270 e. The normalized spacial score (nSPS) is 15.3. The van der Waals surface area contributed by atoms with Crippen LogP contribution in [0.15, 0.2) is 42.5 Å². The van der Waals surface area contributed by atoms with Crippen molar-refractivity contribution in [1.82, 2.24) is 9.88 Å². The number of carbonyl (C=O) groups excluding carboxylic acids is 1. The van der Waals surface area contributed by atoms with Gasteiger partial charge in [0.1, 0.15) is 11.5 Å². The second kappa shape index (κ2) is 7.24. The van der Waals surface area contributed by atoms with Gasteiger partial charge in [-0.2, -0.15) is 0 Å². The molecule has 0 spiro atoms. The first kappa shape index (κ1) is 17.9. The van der Waals surface area contributed by atoms with Crippen LogP contribution in [0.4, 0.5) is 10.1 Å². The number of nitrogens with one attached hydrogen (secondary N) is 2. The van der Waals surface area contributed by atoms with Crippen LogP contribution in [-0.2, 0) is 0 Å². The maximum absolute atomic E-state index is 14.0. The summed E-state index contributed by atoms with van der Waals surface area (Å²) < 4.78 is 14.0. The lowest BCUT2D eigenvalue weighted by Gasteiger charge is -2.32. The summed E-state index contributed by atoms with van der Waals surface area (Å²) in [4.78, 5) is 17.8. The molecule has 1 saturated heterocycles. The second-order valence-corrected chi connectivity index (χ2v) is 7.55. The zero-order chi connectivity index (χ0) is 19.0. The molecule has 0 radical (unpaired) electrons. The molecule has 27 heavy (non-hydrogen) atoms. The number of hydrogen-bond donors (Lipinski definition) is 2. The van der Waals surface area contributed by atoms with Gasteiger partial charge in [0.05, 0.1) is 5.69 Å². The predicted octanol–water partition coefficient (Wildman–Crippen LogP) is 4.99. The van der Waals surface area contributed by atoms with E-state index in [4.69, 9.17) is 11.6 Å². The first-order valence-corrected chi connectivity index (χ1v) is 9.47. The van der Waals surface area contributed by atoms with Crippen molar-refractivity contribution in [3.8, 4) is 0 Å². The summed E-state index contributed by atoms with van der Waals surface area (Å²) in [5.41, 5.74) is 2.90. The van der Waals surface area contributed by atoms with Gasteiger partial charge < -0.3 is 15.2 Å². The van der Waals surface area contributed by atoms with Crippen molar-refractivity contribution in [2.45, 2.75) is 25.8 Å². The molecule has 4 nitrogen and oxygen atoms in total. The van der Waals surface area contributed by atoms with Gasteiger partial charge in [0.15, 0.2) is 0 Å². The topological polar surface area (TPSA) is 48.1 Å². The number of carbonyl (C=O) groups is 1. The largest absolute Gasteiger partial charge is 0.380 e. The SMILES string of the molecule is Cc1ccc(NC2CCN(C(=O)c3cc4cc(Cl)ccc4[nH]3)CC2)c(F)c1. The quantitative estimate of drug-likeness (QED) is 0.667. The number of piperidine rings is 1. The van der Waals surface area contributed by atoms with Gasteiger partial charge in [-0.3, -0.25) is 4.79 Å². The molecule has 2 N–H and O–H groups in total. The number of aromatic amines is 1. The third-order valence-electron chi connectivity index (χ3n) is 5.08. The second-order valence-electron chi connectivity index (χ2n) is 7.11. The minimum absolute atomic E-state index is 0.0118. The van der Waals surface area contributed by atoms with E-state index in [2.05, 4.69) is 10.3 Å². The average Bonchev–Trinajstić information content (AvgIpc) is 3.07. The molecule has 1 aromatic heterocycles. The van der Waals surface area contributed by atoms with Crippen molar-refractivity contribution in [3.05, 3.63) is 64.6 Å². The Bertz CT molecular complexity index is 992. The fraction of sp³-hybridized carbons (Fsp3) is 0.286. The molecule has 0 unspecified atom stereocenters. The van der Waals surface area contributed by atoms with Gasteiger partial charge in [-0.15, -0.1) is 0 Å². The summed E-state index contributed by atoms with van der Waals surface area (Å²) in [6, 6.07) is 12.7. The Balaban J connectivity index is 1.40. The lowest BCUT2D eigenvalue weighted by Crippen LogP contribution is -2.42. The van der Waals surface area contributed by atoms with E-state index in [9.17, 15) is 9.18 Å². The highest BCUT2D eigenvalue weighted by Crippen LogP contribution is 2.23. The van der Waals surface area contributed by atoms with Gasteiger partial charge in [-0.05, 0) is 61.7 Å².